The van der Waals surface area contributed by atoms with Crippen LogP contribution in [0.3, 0.4) is 0 Å². The van der Waals surface area contributed by atoms with Crippen molar-refractivity contribution in [1.29, 1.82) is 0 Å². The van der Waals surface area contributed by atoms with Crippen LogP contribution in [0.25, 0.3) is 11.1 Å². The van der Waals surface area contributed by atoms with E-state index in [1.807, 2.05) is 24.3 Å². The molecular weight excluding hydrogens is 378 g/mol. The first-order chi connectivity index (χ1) is 14.6. The lowest BCUT2D eigenvalue weighted by molar-refractivity contribution is -0.143. The number of aliphatic carboxylic acids is 1. The highest BCUT2D eigenvalue weighted by molar-refractivity contribution is 5.79. The molecule has 5 rings (SSSR count). The number of carboxylic acid groups (broad SMARTS) is 1. The molecule has 5 heteroatoms. The van der Waals surface area contributed by atoms with Gasteiger partial charge in [0, 0.05) is 19.0 Å². The highest BCUT2D eigenvalue weighted by Gasteiger charge is 2.44. The van der Waals surface area contributed by atoms with Crippen LogP contribution in [-0.2, 0) is 9.53 Å². The first-order valence-electron chi connectivity index (χ1n) is 11.0. The van der Waals surface area contributed by atoms with Crippen LogP contribution in [0.5, 0.6) is 0 Å². The van der Waals surface area contributed by atoms with Crippen LogP contribution in [0.15, 0.2) is 48.5 Å². The Bertz CT molecular complexity index is 920. The van der Waals surface area contributed by atoms with Gasteiger partial charge in [0.05, 0.1) is 5.92 Å². The molecule has 1 saturated heterocycles. The van der Waals surface area contributed by atoms with Crippen LogP contribution in [0.4, 0.5) is 4.79 Å². The van der Waals surface area contributed by atoms with Crippen molar-refractivity contribution < 1.29 is 19.4 Å². The van der Waals surface area contributed by atoms with Gasteiger partial charge in [-0.25, -0.2) is 4.79 Å². The van der Waals surface area contributed by atoms with E-state index >= 15 is 0 Å². The zero-order chi connectivity index (χ0) is 20.7. The summed E-state index contributed by atoms with van der Waals surface area (Å²) in [7, 11) is 0. The minimum atomic E-state index is -0.791. The van der Waals surface area contributed by atoms with Gasteiger partial charge in [-0.2, -0.15) is 0 Å². The van der Waals surface area contributed by atoms with Crippen molar-refractivity contribution in [1.82, 2.24) is 4.90 Å². The maximum atomic E-state index is 12.9. The van der Waals surface area contributed by atoms with E-state index in [0.29, 0.717) is 12.5 Å². The van der Waals surface area contributed by atoms with Crippen molar-refractivity contribution in [2.75, 3.05) is 19.7 Å². The number of carbonyl (C=O) groups excluding carboxylic acids is 1. The molecular formula is C25H27NO4. The van der Waals surface area contributed by atoms with Crippen LogP contribution in [0, 0.1) is 17.8 Å². The Balaban J connectivity index is 1.29. The predicted molar refractivity (Wildman–Crippen MR) is 113 cm³/mol. The molecule has 0 spiro atoms. The van der Waals surface area contributed by atoms with Crippen molar-refractivity contribution in [3.8, 4) is 11.1 Å². The summed E-state index contributed by atoms with van der Waals surface area (Å²) in [6, 6.07) is 16.5. The fraction of sp³-hybridized carbons (Fsp3) is 0.440. The maximum Gasteiger partial charge on any atom is 0.409 e. The summed E-state index contributed by atoms with van der Waals surface area (Å²) in [5, 5.41) is 9.69. The number of amides is 1. The normalized spacial score (nSPS) is 23.4. The van der Waals surface area contributed by atoms with E-state index in [1.165, 1.54) is 35.1 Å². The van der Waals surface area contributed by atoms with E-state index in [2.05, 4.69) is 24.3 Å². The van der Waals surface area contributed by atoms with Gasteiger partial charge in [0.15, 0.2) is 0 Å². The van der Waals surface area contributed by atoms with Gasteiger partial charge in [0.1, 0.15) is 6.61 Å². The molecule has 0 aromatic heterocycles. The molecule has 0 radical (unpaired) electrons. The molecule has 1 heterocycles. The predicted octanol–water partition coefficient (Wildman–Crippen LogP) is 4.76. The Morgan fingerprint density at radius 1 is 0.933 bits per heavy atom. The molecule has 0 bridgehead atoms. The lowest BCUT2D eigenvalue weighted by Crippen LogP contribution is -2.31. The van der Waals surface area contributed by atoms with Gasteiger partial charge < -0.3 is 14.7 Å². The lowest BCUT2D eigenvalue weighted by atomic mass is 9.83. The summed E-state index contributed by atoms with van der Waals surface area (Å²) in [4.78, 5) is 26.3. The SMILES string of the molecule is O=C(O)[C@H]1CN(C(=O)OCC2c3ccccc3-c3ccccc32)C[C@@H]1C1CCCC1. The lowest BCUT2D eigenvalue weighted by Gasteiger charge is -2.22. The maximum absolute atomic E-state index is 12.9. The average Bonchev–Trinajstić information content (AvgIpc) is 3.49. The van der Waals surface area contributed by atoms with Gasteiger partial charge >= 0.3 is 12.1 Å². The monoisotopic (exact) mass is 405 g/mol. The van der Waals surface area contributed by atoms with Gasteiger partial charge in [-0.05, 0) is 34.1 Å². The third-order valence-electron chi connectivity index (χ3n) is 7.28. The molecule has 2 aliphatic carbocycles. The highest BCUT2D eigenvalue weighted by atomic mass is 16.6. The second kappa shape index (κ2) is 7.78. The van der Waals surface area contributed by atoms with E-state index in [9.17, 15) is 14.7 Å². The van der Waals surface area contributed by atoms with Gasteiger partial charge in [0.2, 0.25) is 0 Å². The van der Waals surface area contributed by atoms with Gasteiger partial charge in [-0.3, -0.25) is 4.79 Å². The van der Waals surface area contributed by atoms with Crippen molar-refractivity contribution in [2.45, 2.75) is 31.6 Å². The van der Waals surface area contributed by atoms with Crippen LogP contribution in [-0.4, -0.2) is 41.8 Å². The standard InChI is InChI=1S/C25H27NO4/c27-24(28)22-14-26(13-21(22)16-7-1-2-8-16)25(29)30-15-23-19-11-5-3-9-17(19)18-10-4-6-12-20(18)23/h3-6,9-12,16,21-23H,1-2,7-8,13-15H2,(H,27,28)/t21-,22+/m1/s1. The number of ether oxygens (including phenoxy) is 1. The summed E-state index contributed by atoms with van der Waals surface area (Å²) in [5.74, 6) is -0.790. The van der Waals surface area contributed by atoms with E-state index in [-0.39, 0.29) is 31.1 Å². The topological polar surface area (TPSA) is 66.8 Å². The number of likely N-dealkylation sites (tertiary alicyclic amines) is 1. The molecule has 0 unspecified atom stereocenters. The Kier molecular flexibility index (Phi) is 4.97. The fourth-order valence-electron chi connectivity index (χ4n) is 5.79. The number of rotatable bonds is 4. The Morgan fingerprint density at radius 3 is 2.13 bits per heavy atom. The summed E-state index contributed by atoms with van der Waals surface area (Å²) in [6.45, 7) is 1.03. The average molecular weight is 405 g/mol. The fourth-order valence-corrected chi connectivity index (χ4v) is 5.79. The van der Waals surface area contributed by atoms with E-state index in [4.69, 9.17) is 4.74 Å². The quantitative estimate of drug-likeness (QED) is 0.797. The van der Waals surface area contributed by atoms with Gasteiger partial charge in [-0.1, -0.05) is 74.2 Å². The zero-order valence-electron chi connectivity index (χ0n) is 17.0. The third-order valence-corrected chi connectivity index (χ3v) is 7.28. The molecule has 30 heavy (non-hydrogen) atoms. The molecule has 1 aliphatic heterocycles. The Hall–Kier alpha value is -2.82. The summed E-state index contributed by atoms with van der Waals surface area (Å²) in [5.41, 5.74) is 4.76. The molecule has 3 aliphatic rings. The van der Waals surface area contributed by atoms with E-state index in [1.54, 1.807) is 4.90 Å². The first-order valence-corrected chi connectivity index (χ1v) is 11.0. The molecule has 5 nitrogen and oxygen atoms in total. The summed E-state index contributed by atoms with van der Waals surface area (Å²) >= 11 is 0. The van der Waals surface area contributed by atoms with Crippen LogP contribution in [0.1, 0.15) is 42.7 Å². The van der Waals surface area contributed by atoms with Crippen LogP contribution < -0.4 is 0 Å². The highest BCUT2D eigenvalue weighted by Crippen LogP contribution is 2.45. The Morgan fingerprint density at radius 2 is 1.53 bits per heavy atom. The van der Waals surface area contributed by atoms with Crippen molar-refractivity contribution >= 4 is 12.1 Å². The van der Waals surface area contributed by atoms with E-state index in [0.717, 1.165) is 12.8 Å². The second-order valence-electron chi connectivity index (χ2n) is 8.86. The van der Waals surface area contributed by atoms with Crippen molar-refractivity contribution in [3.63, 3.8) is 0 Å². The van der Waals surface area contributed by atoms with Gasteiger partial charge in [0.25, 0.3) is 0 Å². The number of nitrogens with zero attached hydrogens (tertiary/aromatic N) is 1. The number of carbonyl (C=O) groups is 2. The van der Waals surface area contributed by atoms with Crippen LogP contribution >= 0.6 is 0 Å². The molecule has 2 aromatic rings. The minimum absolute atomic E-state index is 0.0184. The van der Waals surface area contributed by atoms with Crippen molar-refractivity contribution in [3.05, 3.63) is 59.7 Å². The number of hydrogen-bond donors (Lipinski definition) is 1. The minimum Gasteiger partial charge on any atom is -0.481 e. The molecule has 1 amide bonds. The molecule has 156 valence electrons. The largest absolute Gasteiger partial charge is 0.481 e. The molecule has 1 N–H and O–H groups in total. The number of carboxylic acids is 1. The van der Waals surface area contributed by atoms with Gasteiger partial charge in [-0.15, -0.1) is 0 Å². The smallest absolute Gasteiger partial charge is 0.409 e. The number of benzene rings is 2. The molecule has 2 atom stereocenters. The second-order valence-corrected chi connectivity index (χ2v) is 8.86. The van der Waals surface area contributed by atoms with Crippen LogP contribution in [0.2, 0.25) is 0 Å². The number of fused-ring (bicyclic) bond motifs is 3. The number of hydrogen-bond acceptors (Lipinski definition) is 3. The molecule has 2 aromatic carbocycles. The van der Waals surface area contributed by atoms with Crippen molar-refractivity contribution in [2.24, 2.45) is 17.8 Å². The third kappa shape index (κ3) is 3.26. The molecule has 1 saturated carbocycles. The Labute approximate surface area is 176 Å². The zero-order valence-corrected chi connectivity index (χ0v) is 17.0. The first kappa shape index (κ1) is 19.2. The summed E-state index contributed by atoms with van der Waals surface area (Å²) < 4.78 is 5.76. The summed E-state index contributed by atoms with van der Waals surface area (Å²) in [6.07, 6.45) is 4.10. The molecule has 2 fully saturated rings. The van der Waals surface area contributed by atoms with E-state index < -0.39 is 11.9 Å².